The minimum Gasteiger partial charge on any atom is -0.497 e. The fourth-order valence-electron chi connectivity index (χ4n) is 4.55. The van der Waals surface area contributed by atoms with E-state index in [9.17, 15) is 26.3 Å². The second kappa shape index (κ2) is 9.35. The predicted octanol–water partition coefficient (Wildman–Crippen LogP) is 9.00. The molecule has 0 radical (unpaired) electrons. The first kappa shape index (κ1) is 27.2. The van der Waals surface area contributed by atoms with Crippen molar-refractivity contribution in [3.63, 3.8) is 0 Å². The van der Waals surface area contributed by atoms with Gasteiger partial charge in [0.25, 0.3) is 0 Å². The number of halogens is 12. The van der Waals surface area contributed by atoms with Crippen LogP contribution in [0.1, 0.15) is 0 Å². The molecule has 0 saturated carbocycles. The third kappa shape index (κ3) is 3.67. The lowest BCUT2D eigenvalue weighted by atomic mass is 9.84. The lowest BCUT2D eigenvalue weighted by molar-refractivity contribution is 0.407. The highest BCUT2D eigenvalue weighted by molar-refractivity contribution is 6.22. The highest BCUT2D eigenvalue weighted by Crippen LogP contribution is 2.50. The minimum atomic E-state index is -2.58. The van der Waals surface area contributed by atoms with Crippen LogP contribution in [0.25, 0.3) is 43.8 Å². The van der Waals surface area contributed by atoms with E-state index >= 15 is 26.3 Å². The number of fused-ring (bicyclic) bond motifs is 2. The molecule has 13 heteroatoms. The maximum atomic E-state index is 15.4. The molecule has 0 N–H and O–H groups in total. The molecule has 5 aromatic rings. The molecule has 40 heavy (non-hydrogen) atoms. The van der Waals surface area contributed by atoms with Crippen LogP contribution >= 0.6 is 0 Å². The predicted molar refractivity (Wildman–Crippen MR) is 118 cm³/mol. The molecule has 0 spiro atoms. The van der Waals surface area contributed by atoms with E-state index in [-0.39, 0.29) is 6.07 Å². The maximum Gasteiger partial charge on any atom is 0.198 e. The van der Waals surface area contributed by atoms with Gasteiger partial charge in [-0.3, -0.25) is 0 Å². The van der Waals surface area contributed by atoms with Crippen LogP contribution in [0.3, 0.4) is 0 Å². The van der Waals surface area contributed by atoms with E-state index in [2.05, 4.69) is 4.74 Å². The highest BCUT2D eigenvalue weighted by Gasteiger charge is 2.35. The monoisotopic (exact) mass is 576 g/mol. The van der Waals surface area contributed by atoms with Crippen molar-refractivity contribution in [2.24, 2.45) is 0 Å². The summed E-state index contributed by atoms with van der Waals surface area (Å²) >= 11 is 0. The lowest BCUT2D eigenvalue weighted by Crippen LogP contribution is -2.08. The van der Waals surface area contributed by atoms with Crippen molar-refractivity contribution in [1.29, 1.82) is 0 Å². The van der Waals surface area contributed by atoms with Crippen LogP contribution in [0.15, 0.2) is 30.3 Å². The molecule has 0 aromatic heterocycles. The second-order valence-electron chi connectivity index (χ2n) is 8.36. The molecule has 0 amide bonds. The highest BCUT2D eigenvalue weighted by atomic mass is 19.2. The van der Waals surface area contributed by atoms with Crippen molar-refractivity contribution < 1.29 is 57.4 Å². The van der Waals surface area contributed by atoms with Crippen molar-refractivity contribution in [3.05, 3.63) is 100 Å². The van der Waals surface area contributed by atoms with E-state index in [1.807, 2.05) is 0 Å². The Bertz CT molecular complexity index is 1810. The fourth-order valence-corrected chi connectivity index (χ4v) is 4.55. The van der Waals surface area contributed by atoms with E-state index in [1.54, 1.807) is 0 Å². The van der Waals surface area contributed by atoms with Crippen LogP contribution in [0.2, 0.25) is 0 Å². The van der Waals surface area contributed by atoms with Gasteiger partial charge in [0.2, 0.25) is 0 Å². The molecule has 0 aliphatic carbocycles. The van der Waals surface area contributed by atoms with Crippen molar-refractivity contribution >= 4 is 21.5 Å². The summed E-state index contributed by atoms with van der Waals surface area (Å²) in [6.07, 6.45) is 0. The van der Waals surface area contributed by atoms with Crippen molar-refractivity contribution in [2.75, 3.05) is 7.11 Å². The summed E-state index contributed by atoms with van der Waals surface area (Å²) in [5, 5.41) is -6.47. The van der Waals surface area contributed by atoms with Gasteiger partial charge in [0.1, 0.15) is 17.4 Å². The molecule has 0 heterocycles. The smallest absolute Gasteiger partial charge is 0.198 e. The second-order valence-corrected chi connectivity index (χ2v) is 8.36. The molecule has 5 aromatic carbocycles. The molecule has 0 unspecified atom stereocenters. The van der Waals surface area contributed by atoms with Gasteiger partial charge in [0.15, 0.2) is 58.2 Å². The number of rotatable bonds is 3. The molecule has 5 rings (SSSR count). The molecular formula is C27H8F12O. The number of hydrogen-bond donors (Lipinski definition) is 0. The largest absolute Gasteiger partial charge is 0.497 e. The first-order valence-electron chi connectivity index (χ1n) is 10.8. The third-order valence-electron chi connectivity index (χ3n) is 6.24. The summed E-state index contributed by atoms with van der Waals surface area (Å²) in [6, 6.07) is 2.00. The summed E-state index contributed by atoms with van der Waals surface area (Å²) in [6.45, 7) is 0. The zero-order chi connectivity index (χ0) is 29.4. The normalized spacial score (nSPS) is 11.6. The van der Waals surface area contributed by atoms with E-state index < -0.39 is 119 Å². The minimum absolute atomic E-state index is 0.203. The number of hydrogen-bond acceptors (Lipinski definition) is 1. The molecule has 0 aliphatic rings. The van der Waals surface area contributed by atoms with E-state index in [0.29, 0.717) is 24.3 Å². The molecule has 0 bridgehead atoms. The Morgan fingerprint density at radius 2 is 0.800 bits per heavy atom. The summed E-state index contributed by atoms with van der Waals surface area (Å²) in [7, 11) is 0.968. The SMILES string of the molecule is COc1cc(F)c(-c2c3c(F)c(F)c(F)c(F)c3c(-c3ccc(F)c(F)c3)c3c(F)c(F)c(F)c(F)c23)c(F)c1. The van der Waals surface area contributed by atoms with Crippen LogP contribution in [0, 0.1) is 69.8 Å². The topological polar surface area (TPSA) is 9.23 Å². The summed E-state index contributed by atoms with van der Waals surface area (Å²) in [5.41, 5.74) is -5.31. The van der Waals surface area contributed by atoms with Gasteiger partial charge >= 0.3 is 0 Å². The standard InChI is InChI=1S/C27H8F12O/c1-40-8-5-11(30)14(12(31)6-8)15-18-16(20(32)24(36)26(38)22(18)34)13(7-2-3-9(28)10(29)4-7)17-19(15)23(35)27(39)25(37)21(17)33/h2-6H,1H3. The van der Waals surface area contributed by atoms with Gasteiger partial charge in [0.05, 0.1) is 12.7 Å². The Morgan fingerprint density at radius 3 is 1.18 bits per heavy atom. The zero-order valence-electron chi connectivity index (χ0n) is 19.3. The van der Waals surface area contributed by atoms with Crippen LogP contribution in [0.5, 0.6) is 5.75 Å². The van der Waals surface area contributed by atoms with Crippen LogP contribution in [-0.2, 0) is 0 Å². The van der Waals surface area contributed by atoms with Crippen molar-refractivity contribution in [3.8, 4) is 28.0 Å². The van der Waals surface area contributed by atoms with Crippen molar-refractivity contribution in [1.82, 2.24) is 0 Å². The van der Waals surface area contributed by atoms with Gasteiger partial charge in [0, 0.05) is 44.8 Å². The third-order valence-corrected chi connectivity index (χ3v) is 6.24. The summed E-state index contributed by atoms with van der Waals surface area (Å²) in [4.78, 5) is 0. The molecule has 0 aliphatic heterocycles. The lowest BCUT2D eigenvalue weighted by Gasteiger charge is -2.21. The number of methoxy groups -OCH3 is 1. The quantitative estimate of drug-likeness (QED) is 0.0902. The summed E-state index contributed by atoms with van der Waals surface area (Å²) in [5.74, 6) is -27.1. The molecular weight excluding hydrogens is 568 g/mol. The summed E-state index contributed by atoms with van der Waals surface area (Å²) < 4.78 is 182. The van der Waals surface area contributed by atoms with Crippen LogP contribution in [0.4, 0.5) is 52.7 Å². The van der Waals surface area contributed by atoms with Gasteiger partial charge in [-0.15, -0.1) is 0 Å². The Balaban J connectivity index is 2.24. The Kier molecular flexibility index (Phi) is 6.35. The van der Waals surface area contributed by atoms with Gasteiger partial charge in [-0.05, 0) is 17.7 Å². The van der Waals surface area contributed by atoms with Gasteiger partial charge in [-0.25, -0.2) is 52.7 Å². The number of ether oxygens (including phenoxy) is 1. The van der Waals surface area contributed by atoms with Crippen LogP contribution in [-0.4, -0.2) is 7.11 Å². The molecule has 1 nitrogen and oxygen atoms in total. The van der Waals surface area contributed by atoms with Gasteiger partial charge in [-0.1, -0.05) is 6.07 Å². The Hall–Kier alpha value is -4.42. The molecule has 206 valence electrons. The fraction of sp³-hybridized carbons (Fsp3) is 0.0370. The average molecular weight is 576 g/mol. The average Bonchev–Trinajstić information content (AvgIpc) is 2.92. The number of benzene rings is 5. The van der Waals surface area contributed by atoms with Crippen molar-refractivity contribution in [2.45, 2.75) is 0 Å². The maximum absolute atomic E-state index is 15.4. The first-order chi connectivity index (χ1) is 18.8. The zero-order valence-corrected chi connectivity index (χ0v) is 19.3. The molecule has 0 saturated heterocycles. The Morgan fingerprint density at radius 1 is 0.400 bits per heavy atom. The Labute approximate surface area is 214 Å². The first-order valence-corrected chi connectivity index (χ1v) is 10.8. The van der Waals surface area contributed by atoms with Gasteiger partial charge < -0.3 is 4.74 Å². The van der Waals surface area contributed by atoms with E-state index in [4.69, 9.17) is 0 Å². The molecule has 0 atom stereocenters. The van der Waals surface area contributed by atoms with E-state index in [0.717, 1.165) is 7.11 Å². The molecule has 0 fully saturated rings. The van der Waals surface area contributed by atoms with E-state index in [1.165, 1.54) is 0 Å². The van der Waals surface area contributed by atoms with Gasteiger partial charge in [-0.2, -0.15) is 0 Å². The van der Waals surface area contributed by atoms with Crippen LogP contribution < -0.4 is 4.74 Å².